The summed E-state index contributed by atoms with van der Waals surface area (Å²) in [4.78, 5) is 56.6. The molecule has 0 bridgehead atoms. The zero-order valence-corrected chi connectivity index (χ0v) is 23.4. The van der Waals surface area contributed by atoms with Gasteiger partial charge in [0, 0.05) is 69.1 Å². The number of carbonyl (C=O) groups excluding carboxylic acids is 3. The fourth-order valence-corrected chi connectivity index (χ4v) is 5.81. The van der Waals surface area contributed by atoms with Crippen molar-refractivity contribution in [2.24, 2.45) is 0 Å². The number of thiophene rings is 1. The van der Waals surface area contributed by atoms with Crippen LogP contribution in [0.15, 0.2) is 60.0 Å². The molecule has 0 atom stereocenters. The number of carbonyl (C=O) groups is 3. The van der Waals surface area contributed by atoms with Crippen LogP contribution in [0.3, 0.4) is 0 Å². The van der Waals surface area contributed by atoms with Crippen LogP contribution in [0, 0.1) is 10.1 Å². The third-order valence-corrected chi connectivity index (χ3v) is 8.17. The summed E-state index contributed by atoms with van der Waals surface area (Å²) in [7, 11) is 0. The standard InChI is InChI=1S/C29H32N6O5S/c36-27(21-5-8-23(9-6-21)35(39)40)31-24-20-22(28(37)33-13-2-11-30-12-16-33)7-10-25(24)32-14-3-15-34(18-17-32)29(38)26-4-1-19-41-26/h1,4-10,19-20,30H,2-3,11-18H2,(H,31,36). The molecule has 0 saturated carbocycles. The molecule has 3 aromatic rings. The van der Waals surface area contributed by atoms with Crippen molar-refractivity contribution in [3.8, 4) is 0 Å². The first-order valence-corrected chi connectivity index (χ1v) is 14.6. The van der Waals surface area contributed by atoms with E-state index in [9.17, 15) is 24.5 Å². The number of nitrogens with one attached hydrogen (secondary N) is 2. The minimum atomic E-state index is -0.515. The number of nitrogens with zero attached hydrogens (tertiary/aromatic N) is 4. The van der Waals surface area contributed by atoms with E-state index in [0.29, 0.717) is 55.4 Å². The predicted molar refractivity (Wildman–Crippen MR) is 158 cm³/mol. The second-order valence-electron chi connectivity index (χ2n) is 10.00. The first kappa shape index (κ1) is 28.2. The molecule has 2 aromatic carbocycles. The zero-order chi connectivity index (χ0) is 28.8. The van der Waals surface area contributed by atoms with E-state index in [1.807, 2.05) is 33.4 Å². The van der Waals surface area contributed by atoms with Crippen molar-refractivity contribution in [2.45, 2.75) is 12.8 Å². The summed E-state index contributed by atoms with van der Waals surface area (Å²) < 4.78 is 0. The Morgan fingerprint density at radius 3 is 2.34 bits per heavy atom. The van der Waals surface area contributed by atoms with Gasteiger partial charge in [0.15, 0.2) is 0 Å². The quantitative estimate of drug-likeness (QED) is 0.338. The van der Waals surface area contributed by atoms with Crippen molar-refractivity contribution in [1.82, 2.24) is 15.1 Å². The lowest BCUT2D eigenvalue weighted by atomic mass is 10.1. The first-order valence-electron chi connectivity index (χ1n) is 13.7. The van der Waals surface area contributed by atoms with Gasteiger partial charge in [-0.3, -0.25) is 24.5 Å². The Balaban J connectivity index is 1.40. The lowest BCUT2D eigenvalue weighted by Gasteiger charge is -2.27. The predicted octanol–water partition coefficient (Wildman–Crippen LogP) is 3.70. The maximum absolute atomic E-state index is 13.4. The van der Waals surface area contributed by atoms with Gasteiger partial charge in [0.25, 0.3) is 23.4 Å². The van der Waals surface area contributed by atoms with Crippen LogP contribution in [-0.4, -0.2) is 84.8 Å². The van der Waals surface area contributed by atoms with Crippen LogP contribution in [0.1, 0.15) is 43.2 Å². The topological polar surface area (TPSA) is 128 Å². The van der Waals surface area contributed by atoms with E-state index in [1.165, 1.54) is 35.6 Å². The number of amides is 3. The molecule has 12 heteroatoms. The second kappa shape index (κ2) is 12.9. The van der Waals surface area contributed by atoms with Crippen LogP contribution in [0.5, 0.6) is 0 Å². The van der Waals surface area contributed by atoms with Crippen LogP contribution < -0.4 is 15.5 Å². The fourth-order valence-electron chi connectivity index (χ4n) is 5.12. The van der Waals surface area contributed by atoms with E-state index in [2.05, 4.69) is 15.5 Å². The highest BCUT2D eigenvalue weighted by Gasteiger charge is 2.25. The maximum Gasteiger partial charge on any atom is 0.269 e. The van der Waals surface area contributed by atoms with E-state index < -0.39 is 10.8 Å². The van der Waals surface area contributed by atoms with E-state index in [0.717, 1.165) is 31.6 Å². The number of hydrogen-bond donors (Lipinski definition) is 2. The molecule has 2 N–H and O–H groups in total. The van der Waals surface area contributed by atoms with Gasteiger partial charge in [-0.1, -0.05) is 6.07 Å². The summed E-state index contributed by atoms with van der Waals surface area (Å²) in [6, 6.07) is 14.4. The zero-order valence-electron chi connectivity index (χ0n) is 22.6. The SMILES string of the molecule is O=C(Nc1cc(C(=O)N2CCCNCC2)ccc1N1CCCN(C(=O)c2cccs2)CC1)c1ccc([N+](=O)[O-])cc1. The van der Waals surface area contributed by atoms with Crippen LogP contribution >= 0.6 is 11.3 Å². The molecule has 11 nitrogen and oxygen atoms in total. The van der Waals surface area contributed by atoms with Crippen molar-refractivity contribution >= 4 is 46.1 Å². The molecule has 0 radical (unpaired) electrons. The number of non-ortho nitro benzene ring substituents is 1. The van der Waals surface area contributed by atoms with Crippen molar-refractivity contribution in [3.63, 3.8) is 0 Å². The number of hydrogen-bond acceptors (Lipinski definition) is 8. The minimum absolute atomic E-state index is 0.0152. The summed E-state index contributed by atoms with van der Waals surface area (Å²) >= 11 is 1.43. The Morgan fingerprint density at radius 1 is 0.829 bits per heavy atom. The number of anilines is 2. The average molecular weight is 577 g/mol. The molecule has 0 spiro atoms. The van der Waals surface area contributed by atoms with Crippen molar-refractivity contribution in [3.05, 3.63) is 86.1 Å². The van der Waals surface area contributed by atoms with Gasteiger partial charge >= 0.3 is 0 Å². The fraction of sp³-hybridized carbons (Fsp3) is 0.345. The van der Waals surface area contributed by atoms with Crippen LogP contribution in [-0.2, 0) is 0 Å². The molecule has 2 saturated heterocycles. The van der Waals surface area contributed by atoms with Gasteiger partial charge in [-0.25, -0.2) is 0 Å². The normalized spacial score (nSPS) is 16.0. The molecular weight excluding hydrogens is 544 g/mol. The smallest absolute Gasteiger partial charge is 0.269 e. The van der Waals surface area contributed by atoms with E-state index >= 15 is 0 Å². The number of benzene rings is 2. The summed E-state index contributed by atoms with van der Waals surface area (Å²) in [5.41, 5.74) is 1.86. The second-order valence-corrected chi connectivity index (χ2v) is 10.9. The molecule has 1 aromatic heterocycles. The largest absolute Gasteiger partial charge is 0.368 e. The third-order valence-electron chi connectivity index (χ3n) is 7.32. The number of rotatable bonds is 6. The summed E-state index contributed by atoms with van der Waals surface area (Å²) in [6.45, 7) is 5.21. The van der Waals surface area contributed by atoms with Crippen molar-refractivity contribution < 1.29 is 19.3 Å². The third kappa shape index (κ3) is 6.72. The molecule has 0 unspecified atom stereocenters. The van der Waals surface area contributed by atoms with E-state index in [1.54, 1.807) is 12.1 Å². The van der Waals surface area contributed by atoms with Gasteiger partial charge in [-0.2, -0.15) is 0 Å². The molecule has 2 aliphatic rings. The molecule has 5 rings (SSSR count). The molecule has 2 fully saturated rings. The van der Waals surface area contributed by atoms with Crippen LogP contribution in [0.4, 0.5) is 17.1 Å². The molecule has 3 heterocycles. The van der Waals surface area contributed by atoms with Gasteiger partial charge in [0.2, 0.25) is 0 Å². The monoisotopic (exact) mass is 576 g/mol. The van der Waals surface area contributed by atoms with Crippen molar-refractivity contribution in [2.75, 3.05) is 62.6 Å². The summed E-state index contributed by atoms with van der Waals surface area (Å²) in [5, 5.41) is 19.2. The van der Waals surface area contributed by atoms with Crippen LogP contribution in [0.2, 0.25) is 0 Å². The minimum Gasteiger partial charge on any atom is -0.368 e. The van der Waals surface area contributed by atoms with E-state index in [4.69, 9.17) is 0 Å². The van der Waals surface area contributed by atoms with Gasteiger partial charge in [-0.15, -0.1) is 11.3 Å². The highest BCUT2D eigenvalue weighted by Crippen LogP contribution is 2.30. The first-order chi connectivity index (χ1) is 19.9. The Bertz CT molecular complexity index is 1400. The number of nitro benzene ring substituents is 1. The lowest BCUT2D eigenvalue weighted by molar-refractivity contribution is -0.384. The average Bonchev–Trinajstić information content (AvgIpc) is 3.23. The maximum atomic E-state index is 13.4. The number of nitro groups is 1. The molecule has 41 heavy (non-hydrogen) atoms. The Hall–Kier alpha value is -4.29. The Labute approximate surface area is 241 Å². The highest BCUT2D eigenvalue weighted by molar-refractivity contribution is 7.12. The van der Waals surface area contributed by atoms with Crippen LogP contribution in [0.25, 0.3) is 0 Å². The Kier molecular flexibility index (Phi) is 8.90. The molecular formula is C29H32N6O5S. The lowest BCUT2D eigenvalue weighted by Crippen LogP contribution is -2.35. The van der Waals surface area contributed by atoms with Crippen molar-refractivity contribution in [1.29, 1.82) is 0 Å². The summed E-state index contributed by atoms with van der Waals surface area (Å²) in [5.74, 6) is -0.523. The van der Waals surface area contributed by atoms with Gasteiger partial charge < -0.3 is 25.3 Å². The molecule has 2 aliphatic heterocycles. The Morgan fingerprint density at radius 2 is 1.59 bits per heavy atom. The summed E-state index contributed by atoms with van der Waals surface area (Å²) in [6.07, 6.45) is 1.61. The van der Waals surface area contributed by atoms with Gasteiger partial charge in [-0.05, 0) is 61.2 Å². The molecule has 214 valence electrons. The molecule has 0 aliphatic carbocycles. The van der Waals surface area contributed by atoms with Gasteiger partial charge in [0.05, 0.1) is 21.2 Å². The van der Waals surface area contributed by atoms with Gasteiger partial charge in [0.1, 0.15) is 0 Å². The molecule has 3 amide bonds. The van der Waals surface area contributed by atoms with E-state index in [-0.39, 0.29) is 23.1 Å². The highest BCUT2D eigenvalue weighted by atomic mass is 32.1.